The van der Waals surface area contributed by atoms with E-state index in [2.05, 4.69) is 4.98 Å². The van der Waals surface area contributed by atoms with Crippen molar-refractivity contribution in [2.24, 2.45) is 0 Å². The molecule has 1 heterocycles. The van der Waals surface area contributed by atoms with Crippen molar-refractivity contribution in [3.63, 3.8) is 0 Å². The molecular weight excluding hydrogens is 240 g/mol. The van der Waals surface area contributed by atoms with Gasteiger partial charge in [-0.25, -0.2) is 4.98 Å². The van der Waals surface area contributed by atoms with Gasteiger partial charge in [0.05, 0.1) is 5.69 Å². The zero-order valence-corrected chi connectivity index (χ0v) is 11.3. The van der Waals surface area contributed by atoms with E-state index in [0.717, 1.165) is 12.0 Å². The Morgan fingerprint density at radius 3 is 2.58 bits per heavy atom. The Bertz CT molecular complexity index is 618. The van der Waals surface area contributed by atoms with Crippen LogP contribution in [-0.4, -0.2) is 14.7 Å². The predicted octanol–water partition coefficient (Wildman–Crippen LogP) is 2.26. The van der Waals surface area contributed by atoms with E-state index in [1.54, 1.807) is 11.5 Å². The van der Waals surface area contributed by atoms with Crippen LogP contribution in [0.2, 0.25) is 0 Å². The van der Waals surface area contributed by atoms with Crippen molar-refractivity contribution in [1.29, 1.82) is 0 Å². The summed E-state index contributed by atoms with van der Waals surface area (Å²) in [6.45, 7) is 4.22. The maximum absolute atomic E-state index is 12.1. The lowest BCUT2D eigenvalue weighted by Gasteiger charge is -2.13. The Hall–Kier alpha value is -2.10. The highest BCUT2D eigenvalue weighted by molar-refractivity contribution is 5.25. The summed E-state index contributed by atoms with van der Waals surface area (Å²) in [4.78, 5) is 16.4. The second kappa shape index (κ2) is 5.69. The SMILES string of the molecule is CCCn1c(Cc2ccccc2)nc(C)c(O)c1=O. The first-order chi connectivity index (χ1) is 9.13. The molecule has 2 aromatic rings. The highest BCUT2D eigenvalue weighted by atomic mass is 16.3. The van der Waals surface area contributed by atoms with E-state index >= 15 is 0 Å². The normalized spacial score (nSPS) is 10.6. The fourth-order valence-electron chi connectivity index (χ4n) is 2.07. The van der Waals surface area contributed by atoms with Crippen molar-refractivity contribution >= 4 is 0 Å². The molecule has 1 N–H and O–H groups in total. The number of benzene rings is 1. The van der Waals surface area contributed by atoms with Crippen molar-refractivity contribution < 1.29 is 5.11 Å². The summed E-state index contributed by atoms with van der Waals surface area (Å²) < 4.78 is 1.56. The van der Waals surface area contributed by atoms with Crippen molar-refractivity contribution in [1.82, 2.24) is 9.55 Å². The third kappa shape index (κ3) is 2.84. The minimum atomic E-state index is -0.347. The van der Waals surface area contributed by atoms with E-state index in [9.17, 15) is 9.90 Å². The van der Waals surface area contributed by atoms with Gasteiger partial charge in [0.2, 0.25) is 5.75 Å². The molecule has 0 aliphatic carbocycles. The van der Waals surface area contributed by atoms with Gasteiger partial charge in [-0.1, -0.05) is 37.3 Å². The van der Waals surface area contributed by atoms with Crippen LogP contribution in [0.25, 0.3) is 0 Å². The standard InChI is InChI=1S/C15H18N2O2/c1-3-9-17-13(10-12-7-5-4-6-8-12)16-11(2)14(18)15(17)19/h4-8,18H,3,9-10H2,1-2H3. The summed E-state index contributed by atoms with van der Waals surface area (Å²) in [6, 6.07) is 9.89. The van der Waals surface area contributed by atoms with Gasteiger partial charge < -0.3 is 5.11 Å². The lowest BCUT2D eigenvalue weighted by molar-refractivity contribution is 0.441. The van der Waals surface area contributed by atoms with Gasteiger partial charge in [0, 0.05) is 13.0 Å². The number of nitrogens with zero attached hydrogens (tertiary/aromatic N) is 2. The van der Waals surface area contributed by atoms with Crippen LogP contribution in [0.15, 0.2) is 35.1 Å². The van der Waals surface area contributed by atoms with Crippen LogP contribution in [0.4, 0.5) is 0 Å². The van der Waals surface area contributed by atoms with Gasteiger partial charge in [-0.15, -0.1) is 0 Å². The quantitative estimate of drug-likeness (QED) is 0.915. The number of aromatic hydroxyl groups is 1. The lowest BCUT2D eigenvalue weighted by atomic mass is 10.1. The highest BCUT2D eigenvalue weighted by Gasteiger charge is 2.12. The molecule has 0 unspecified atom stereocenters. The molecule has 2 rings (SSSR count). The Kier molecular flexibility index (Phi) is 4.00. The van der Waals surface area contributed by atoms with Gasteiger partial charge in [0.1, 0.15) is 5.82 Å². The molecule has 1 aromatic heterocycles. The average Bonchev–Trinajstić information content (AvgIpc) is 2.42. The zero-order valence-electron chi connectivity index (χ0n) is 11.3. The van der Waals surface area contributed by atoms with Crippen LogP contribution in [0.1, 0.15) is 30.4 Å². The summed E-state index contributed by atoms with van der Waals surface area (Å²) in [7, 11) is 0. The van der Waals surface area contributed by atoms with E-state index in [0.29, 0.717) is 24.5 Å². The van der Waals surface area contributed by atoms with E-state index in [-0.39, 0.29) is 11.3 Å². The molecule has 100 valence electrons. The molecule has 0 fully saturated rings. The van der Waals surface area contributed by atoms with Crippen molar-refractivity contribution in [2.75, 3.05) is 0 Å². The largest absolute Gasteiger partial charge is 0.502 e. The molecule has 0 saturated carbocycles. The summed E-state index contributed by atoms with van der Waals surface area (Å²) in [6.07, 6.45) is 1.42. The van der Waals surface area contributed by atoms with E-state index < -0.39 is 0 Å². The third-order valence-corrected chi connectivity index (χ3v) is 3.05. The minimum Gasteiger partial charge on any atom is -0.502 e. The van der Waals surface area contributed by atoms with Crippen LogP contribution in [-0.2, 0) is 13.0 Å². The first-order valence-corrected chi connectivity index (χ1v) is 6.46. The molecule has 0 amide bonds. The fourth-order valence-corrected chi connectivity index (χ4v) is 2.07. The smallest absolute Gasteiger partial charge is 0.295 e. The molecule has 0 bridgehead atoms. The molecule has 4 nitrogen and oxygen atoms in total. The third-order valence-electron chi connectivity index (χ3n) is 3.05. The Morgan fingerprint density at radius 2 is 1.95 bits per heavy atom. The summed E-state index contributed by atoms with van der Waals surface area (Å²) >= 11 is 0. The number of aromatic nitrogens is 2. The Labute approximate surface area is 112 Å². The van der Waals surface area contributed by atoms with Gasteiger partial charge >= 0.3 is 0 Å². The van der Waals surface area contributed by atoms with Crippen LogP contribution >= 0.6 is 0 Å². The topological polar surface area (TPSA) is 55.1 Å². The van der Waals surface area contributed by atoms with Crippen LogP contribution < -0.4 is 5.56 Å². The molecule has 4 heteroatoms. The van der Waals surface area contributed by atoms with E-state index in [4.69, 9.17) is 0 Å². The Balaban J connectivity index is 2.47. The summed E-state index contributed by atoms with van der Waals surface area (Å²) in [5.41, 5.74) is 1.15. The van der Waals surface area contributed by atoms with Crippen LogP contribution in [0, 0.1) is 6.92 Å². The van der Waals surface area contributed by atoms with Crippen molar-refractivity contribution in [3.05, 3.63) is 57.8 Å². The van der Waals surface area contributed by atoms with Gasteiger partial charge in [0.15, 0.2) is 0 Å². The van der Waals surface area contributed by atoms with Crippen molar-refractivity contribution in [3.8, 4) is 5.75 Å². The maximum Gasteiger partial charge on any atom is 0.295 e. The molecule has 0 spiro atoms. The fraction of sp³-hybridized carbons (Fsp3) is 0.333. The molecule has 0 aliphatic heterocycles. The number of hydrogen-bond acceptors (Lipinski definition) is 3. The number of hydrogen-bond donors (Lipinski definition) is 1. The Morgan fingerprint density at radius 1 is 1.26 bits per heavy atom. The van der Waals surface area contributed by atoms with Gasteiger partial charge in [-0.05, 0) is 18.9 Å². The zero-order chi connectivity index (χ0) is 13.8. The summed E-state index contributed by atoms with van der Waals surface area (Å²) in [5.74, 6) is 0.457. The van der Waals surface area contributed by atoms with E-state index in [1.165, 1.54) is 0 Å². The number of aryl methyl sites for hydroxylation is 1. The van der Waals surface area contributed by atoms with Crippen LogP contribution in [0.5, 0.6) is 5.75 Å². The molecule has 0 radical (unpaired) electrons. The maximum atomic E-state index is 12.1. The second-order valence-electron chi connectivity index (χ2n) is 4.58. The second-order valence-corrected chi connectivity index (χ2v) is 4.58. The molecule has 1 aromatic carbocycles. The minimum absolute atomic E-state index is 0.245. The molecule has 0 saturated heterocycles. The highest BCUT2D eigenvalue weighted by Crippen LogP contribution is 2.12. The van der Waals surface area contributed by atoms with Gasteiger partial charge in [0.25, 0.3) is 5.56 Å². The van der Waals surface area contributed by atoms with Gasteiger partial charge in [-0.3, -0.25) is 9.36 Å². The molecule has 19 heavy (non-hydrogen) atoms. The monoisotopic (exact) mass is 258 g/mol. The molecule has 0 atom stereocenters. The summed E-state index contributed by atoms with van der Waals surface area (Å²) in [5, 5.41) is 9.71. The van der Waals surface area contributed by atoms with Crippen LogP contribution in [0.3, 0.4) is 0 Å². The first-order valence-electron chi connectivity index (χ1n) is 6.46. The predicted molar refractivity (Wildman–Crippen MR) is 74.4 cm³/mol. The van der Waals surface area contributed by atoms with Gasteiger partial charge in [-0.2, -0.15) is 0 Å². The van der Waals surface area contributed by atoms with Crippen molar-refractivity contribution in [2.45, 2.75) is 33.2 Å². The number of rotatable bonds is 4. The average molecular weight is 258 g/mol. The molecule has 0 aliphatic rings. The van der Waals surface area contributed by atoms with E-state index in [1.807, 2.05) is 37.3 Å². The molecular formula is C15H18N2O2. The first kappa shape index (κ1) is 13.3. The lowest BCUT2D eigenvalue weighted by Crippen LogP contribution is -2.26.